The van der Waals surface area contributed by atoms with Crippen LogP contribution < -0.4 is 5.32 Å². The van der Waals surface area contributed by atoms with Crippen molar-refractivity contribution in [1.29, 1.82) is 0 Å². The average Bonchev–Trinajstić information content (AvgIpc) is 2.55. The van der Waals surface area contributed by atoms with Crippen LogP contribution in [0.25, 0.3) is 11.0 Å². The van der Waals surface area contributed by atoms with E-state index in [0.29, 0.717) is 6.42 Å². The molecule has 0 radical (unpaired) electrons. The van der Waals surface area contributed by atoms with Gasteiger partial charge in [0, 0.05) is 19.2 Å². The molecule has 0 aliphatic carbocycles. The molecule has 1 aromatic carbocycles. The summed E-state index contributed by atoms with van der Waals surface area (Å²) in [7, 11) is 1.99. The summed E-state index contributed by atoms with van der Waals surface area (Å²) in [6.07, 6.45) is 1.41. The monoisotopic (exact) mass is 231 g/mol. The van der Waals surface area contributed by atoms with Crippen molar-refractivity contribution in [3.8, 4) is 0 Å². The third kappa shape index (κ3) is 2.30. The summed E-state index contributed by atoms with van der Waals surface area (Å²) in [6.45, 7) is 3.96. The number of aryl methyl sites for hydroxylation is 2. The van der Waals surface area contributed by atoms with Gasteiger partial charge in [0.2, 0.25) is 5.91 Å². The number of rotatable bonds is 3. The maximum atomic E-state index is 11.5. The molecule has 2 aromatic rings. The molecule has 1 N–H and O–H groups in total. The van der Waals surface area contributed by atoms with E-state index in [4.69, 9.17) is 0 Å². The molecule has 1 aromatic heterocycles. The van der Waals surface area contributed by atoms with Crippen molar-refractivity contribution in [2.24, 2.45) is 7.05 Å². The maximum absolute atomic E-state index is 11.5. The number of hydrogen-bond donors (Lipinski definition) is 1. The predicted octanol–water partition coefficient (Wildman–Crippen LogP) is 2.62. The van der Waals surface area contributed by atoms with Gasteiger partial charge in [0.15, 0.2) is 0 Å². The minimum Gasteiger partial charge on any atom is -0.331 e. The van der Waals surface area contributed by atoms with Gasteiger partial charge >= 0.3 is 0 Å². The zero-order valence-corrected chi connectivity index (χ0v) is 10.4. The molecular formula is C13H17N3O. The molecule has 4 nitrogen and oxygen atoms in total. The normalized spacial score (nSPS) is 10.8. The van der Waals surface area contributed by atoms with Crippen LogP contribution in [0.4, 0.5) is 5.69 Å². The number of aromatic nitrogens is 2. The number of fused-ring (bicyclic) bond motifs is 1. The number of amides is 1. The van der Waals surface area contributed by atoms with E-state index in [0.717, 1.165) is 29.0 Å². The highest BCUT2D eigenvalue weighted by Crippen LogP contribution is 2.19. The lowest BCUT2D eigenvalue weighted by atomic mass is 10.2. The minimum atomic E-state index is 0.0551. The molecule has 0 bridgehead atoms. The summed E-state index contributed by atoms with van der Waals surface area (Å²) in [4.78, 5) is 15.9. The fraction of sp³-hybridized carbons (Fsp3) is 0.385. The van der Waals surface area contributed by atoms with Gasteiger partial charge in [-0.2, -0.15) is 0 Å². The summed E-state index contributed by atoms with van der Waals surface area (Å²) in [5.41, 5.74) is 2.81. The van der Waals surface area contributed by atoms with E-state index in [9.17, 15) is 4.79 Å². The second-order valence-corrected chi connectivity index (χ2v) is 4.22. The quantitative estimate of drug-likeness (QED) is 0.882. The van der Waals surface area contributed by atoms with Crippen LogP contribution in [0.5, 0.6) is 0 Å². The molecule has 0 saturated carbocycles. The number of anilines is 1. The molecule has 1 heterocycles. The summed E-state index contributed by atoms with van der Waals surface area (Å²) >= 11 is 0. The highest BCUT2D eigenvalue weighted by Gasteiger charge is 2.06. The maximum Gasteiger partial charge on any atom is 0.224 e. The smallest absolute Gasteiger partial charge is 0.224 e. The van der Waals surface area contributed by atoms with Crippen LogP contribution >= 0.6 is 0 Å². The zero-order valence-electron chi connectivity index (χ0n) is 10.4. The largest absolute Gasteiger partial charge is 0.331 e. The van der Waals surface area contributed by atoms with Crippen LogP contribution in [0.15, 0.2) is 18.2 Å². The van der Waals surface area contributed by atoms with E-state index in [2.05, 4.69) is 10.3 Å². The Labute approximate surface area is 101 Å². The van der Waals surface area contributed by atoms with Gasteiger partial charge < -0.3 is 9.88 Å². The van der Waals surface area contributed by atoms with Crippen LogP contribution in [0.1, 0.15) is 25.6 Å². The van der Waals surface area contributed by atoms with Gasteiger partial charge in [0.25, 0.3) is 0 Å². The topological polar surface area (TPSA) is 46.9 Å². The molecule has 0 saturated heterocycles. The van der Waals surface area contributed by atoms with E-state index in [1.807, 2.05) is 43.7 Å². The third-order valence-corrected chi connectivity index (χ3v) is 2.87. The Morgan fingerprint density at radius 2 is 2.24 bits per heavy atom. The standard InChI is InChI=1S/C13H17N3O/c1-4-5-13(17)15-10-6-7-12-11(8-10)14-9(2)16(12)3/h6-8H,4-5H2,1-3H3,(H,15,17). The Morgan fingerprint density at radius 1 is 1.47 bits per heavy atom. The summed E-state index contributed by atoms with van der Waals surface area (Å²) in [5.74, 6) is 1.02. The van der Waals surface area contributed by atoms with Crippen LogP contribution in [-0.2, 0) is 11.8 Å². The van der Waals surface area contributed by atoms with Crippen molar-refractivity contribution in [2.45, 2.75) is 26.7 Å². The predicted molar refractivity (Wildman–Crippen MR) is 69.0 cm³/mol. The third-order valence-electron chi connectivity index (χ3n) is 2.87. The Bertz CT molecular complexity index is 557. The SMILES string of the molecule is CCCC(=O)Nc1ccc2c(c1)nc(C)n2C. The summed E-state index contributed by atoms with van der Waals surface area (Å²) in [6, 6.07) is 5.81. The number of nitrogens with zero attached hydrogens (tertiary/aromatic N) is 2. The van der Waals surface area contributed by atoms with Crippen LogP contribution in [0.2, 0.25) is 0 Å². The van der Waals surface area contributed by atoms with Gasteiger partial charge in [-0.25, -0.2) is 4.98 Å². The molecule has 0 spiro atoms. The lowest BCUT2D eigenvalue weighted by Crippen LogP contribution is -2.10. The first-order valence-electron chi connectivity index (χ1n) is 5.84. The van der Waals surface area contributed by atoms with E-state index in [1.165, 1.54) is 0 Å². The molecule has 4 heteroatoms. The molecule has 0 aliphatic heterocycles. The van der Waals surface area contributed by atoms with E-state index >= 15 is 0 Å². The van der Waals surface area contributed by atoms with Crippen molar-refractivity contribution in [2.75, 3.05) is 5.32 Å². The molecule has 0 unspecified atom stereocenters. The van der Waals surface area contributed by atoms with Crippen LogP contribution in [-0.4, -0.2) is 15.5 Å². The molecule has 2 rings (SSSR count). The molecule has 0 aliphatic rings. The van der Waals surface area contributed by atoms with Gasteiger partial charge in [-0.15, -0.1) is 0 Å². The minimum absolute atomic E-state index is 0.0551. The fourth-order valence-corrected chi connectivity index (χ4v) is 1.85. The Kier molecular flexibility index (Phi) is 3.13. The molecule has 0 atom stereocenters. The van der Waals surface area contributed by atoms with Crippen molar-refractivity contribution in [3.05, 3.63) is 24.0 Å². The number of carbonyl (C=O) groups is 1. The number of hydrogen-bond acceptors (Lipinski definition) is 2. The first-order chi connectivity index (χ1) is 8.11. The Hall–Kier alpha value is -1.84. The molecular weight excluding hydrogens is 214 g/mol. The summed E-state index contributed by atoms with van der Waals surface area (Å²) in [5, 5.41) is 2.88. The molecule has 90 valence electrons. The second-order valence-electron chi connectivity index (χ2n) is 4.22. The van der Waals surface area contributed by atoms with Crippen molar-refractivity contribution in [1.82, 2.24) is 9.55 Å². The fourth-order valence-electron chi connectivity index (χ4n) is 1.85. The van der Waals surface area contributed by atoms with E-state index < -0.39 is 0 Å². The van der Waals surface area contributed by atoms with Gasteiger partial charge in [-0.3, -0.25) is 4.79 Å². The first-order valence-corrected chi connectivity index (χ1v) is 5.84. The average molecular weight is 231 g/mol. The zero-order chi connectivity index (χ0) is 12.4. The highest BCUT2D eigenvalue weighted by atomic mass is 16.1. The van der Waals surface area contributed by atoms with Crippen molar-refractivity contribution >= 4 is 22.6 Å². The van der Waals surface area contributed by atoms with Gasteiger partial charge in [0.05, 0.1) is 11.0 Å². The number of carbonyl (C=O) groups excluding carboxylic acids is 1. The first kappa shape index (κ1) is 11.6. The van der Waals surface area contributed by atoms with Crippen LogP contribution in [0, 0.1) is 6.92 Å². The number of benzene rings is 1. The Morgan fingerprint density at radius 3 is 2.94 bits per heavy atom. The van der Waals surface area contributed by atoms with Gasteiger partial charge in [0.1, 0.15) is 5.82 Å². The molecule has 1 amide bonds. The van der Waals surface area contributed by atoms with Gasteiger partial charge in [-0.1, -0.05) is 6.92 Å². The van der Waals surface area contributed by atoms with Crippen molar-refractivity contribution in [3.63, 3.8) is 0 Å². The summed E-state index contributed by atoms with van der Waals surface area (Å²) < 4.78 is 2.03. The molecule has 17 heavy (non-hydrogen) atoms. The highest BCUT2D eigenvalue weighted by molar-refractivity contribution is 5.93. The van der Waals surface area contributed by atoms with Crippen LogP contribution in [0.3, 0.4) is 0 Å². The Balaban J connectivity index is 2.29. The van der Waals surface area contributed by atoms with E-state index in [1.54, 1.807) is 0 Å². The second kappa shape index (κ2) is 4.57. The van der Waals surface area contributed by atoms with E-state index in [-0.39, 0.29) is 5.91 Å². The lowest BCUT2D eigenvalue weighted by molar-refractivity contribution is -0.116. The van der Waals surface area contributed by atoms with Crippen molar-refractivity contribution < 1.29 is 4.79 Å². The lowest BCUT2D eigenvalue weighted by Gasteiger charge is -2.04. The molecule has 0 fully saturated rings. The number of nitrogens with one attached hydrogen (secondary N) is 1. The number of imidazole rings is 1. The van der Waals surface area contributed by atoms with Gasteiger partial charge in [-0.05, 0) is 31.5 Å².